The summed E-state index contributed by atoms with van der Waals surface area (Å²) in [7, 11) is 0. The van der Waals surface area contributed by atoms with Crippen LogP contribution in [0.15, 0.2) is 23.0 Å². The summed E-state index contributed by atoms with van der Waals surface area (Å²) in [4.78, 5) is 19.3. The largest absolute Gasteiger partial charge is 0.310 e. The molecule has 3 heteroatoms. The molecule has 0 aliphatic carbocycles. The van der Waals surface area contributed by atoms with Crippen LogP contribution in [0.1, 0.15) is 32.2 Å². The van der Waals surface area contributed by atoms with Crippen molar-refractivity contribution in [1.29, 1.82) is 0 Å². The molecule has 1 N–H and O–H groups in total. The first-order valence-corrected chi connectivity index (χ1v) is 5.85. The van der Waals surface area contributed by atoms with Crippen LogP contribution in [-0.4, -0.2) is 9.97 Å². The van der Waals surface area contributed by atoms with Crippen molar-refractivity contribution in [3.63, 3.8) is 0 Å². The predicted octanol–water partition coefficient (Wildman–Crippen LogP) is 2.82. The highest BCUT2D eigenvalue weighted by Gasteiger charge is 2.14. The number of benzene rings is 1. The van der Waals surface area contributed by atoms with Crippen LogP contribution in [0.25, 0.3) is 10.9 Å². The topological polar surface area (TPSA) is 45.8 Å². The fraction of sp³-hybridized carbons (Fsp3) is 0.429. The summed E-state index contributed by atoms with van der Waals surface area (Å²) < 4.78 is 0. The Balaban J connectivity index is 2.58. The van der Waals surface area contributed by atoms with Crippen LogP contribution in [-0.2, 0) is 6.42 Å². The van der Waals surface area contributed by atoms with E-state index in [-0.39, 0.29) is 11.0 Å². The molecule has 0 spiro atoms. The summed E-state index contributed by atoms with van der Waals surface area (Å²) in [5.74, 6) is 0.764. The van der Waals surface area contributed by atoms with E-state index in [1.807, 2.05) is 25.1 Å². The number of fused-ring (bicyclic) bond motifs is 1. The normalized spacial score (nSPS) is 12.0. The summed E-state index contributed by atoms with van der Waals surface area (Å²) in [6, 6.07) is 5.72. The molecule has 0 bridgehead atoms. The lowest BCUT2D eigenvalue weighted by Gasteiger charge is -2.17. The zero-order chi connectivity index (χ0) is 12.6. The minimum absolute atomic E-state index is 0.0470. The number of aryl methyl sites for hydroxylation is 1. The third-order valence-electron chi connectivity index (χ3n) is 2.61. The van der Waals surface area contributed by atoms with Crippen molar-refractivity contribution in [1.82, 2.24) is 9.97 Å². The van der Waals surface area contributed by atoms with Gasteiger partial charge in [0.05, 0.1) is 10.9 Å². The molecule has 17 heavy (non-hydrogen) atoms. The van der Waals surface area contributed by atoms with Gasteiger partial charge in [-0.25, -0.2) is 4.98 Å². The van der Waals surface area contributed by atoms with Crippen LogP contribution < -0.4 is 5.56 Å². The molecule has 2 rings (SSSR count). The van der Waals surface area contributed by atoms with Crippen molar-refractivity contribution in [3.8, 4) is 0 Å². The van der Waals surface area contributed by atoms with Crippen molar-refractivity contribution >= 4 is 10.9 Å². The SMILES string of the molecule is Cc1ccc2c(=O)[nH]c(CC(C)(C)C)nc2c1. The molecule has 0 fully saturated rings. The quantitative estimate of drug-likeness (QED) is 0.818. The van der Waals surface area contributed by atoms with Gasteiger partial charge in [0.1, 0.15) is 5.82 Å². The van der Waals surface area contributed by atoms with E-state index in [1.54, 1.807) is 0 Å². The number of hydrogen-bond acceptors (Lipinski definition) is 2. The van der Waals surface area contributed by atoms with Crippen LogP contribution in [0, 0.1) is 12.3 Å². The van der Waals surface area contributed by atoms with Crippen molar-refractivity contribution < 1.29 is 0 Å². The molecule has 0 saturated heterocycles. The van der Waals surface area contributed by atoms with Crippen molar-refractivity contribution in [2.75, 3.05) is 0 Å². The number of nitrogens with one attached hydrogen (secondary N) is 1. The Kier molecular flexibility index (Phi) is 2.77. The summed E-state index contributed by atoms with van der Waals surface area (Å²) >= 11 is 0. The molecule has 90 valence electrons. The molecule has 3 nitrogen and oxygen atoms in total. The van der Waals surface area contributed by atoms with E-state index >= 15 is 0 Å². The first-order valence-electron chi connectivity index (χ1n) is 5.85. The van der Waals surface area contributed by atoms with E-state index in [4.69, 9.17) is 0 Å². The summed E-state index contributed by atoms with van der Waals surface area (Å²) in [5, 5.41) is 0.660. The maximum atomic E-state index is 11.9. The average Bonchev–Trinajstić information content (AvgIpc) is 2.13. The zero-order valence-electron chi connectivity index (χ0n) is 10.8. The van der Waals surface area contributed by atoms with Crippen LogP contribution in [0.4, 0.5) is 0 Å². The third-order valence-corrected chi connectivity index (χ3v) is 2.61. The monoisotopic (exact) mass is 230 g/mol. The number of nitrogens with zero attached hydrogens (tertiary/aromatic N) is 1. The van der Waals surface area contributed by atoms with Crippen LogP contribution in [0.3, 0.4) is 0 Å². The minimum Gasteiger partial charge on any atom is -0.310 e. The van der Waals surface area contributed by atoms with Crippen molar-refractivity contribution in [2.45, 2.75) is 34.1 Å². The highest BCUT2D eigenvalue weighted by Crippen LogP contribution is 2.19. The Morgan fingerprint density at radius 1 is 1.29 bits per heavy atom. The van der Waals surface area contributed by atoms with E-state index in [0.29, 0.717) is 5.39 Å². The number of aromatic nitrogens is 2. The first kappa shape index (κ1) is 11.8. The van der Waals surface area contributed by atoms with Gasteiger partial charge in [-0.15, -0.1) is 0 Å². The lowest BCUT2D eigenvalue weighted by atomic mass is 9.92. The Hall–Kier alpha value is -1.64. The van der Waals surface area contributed by atoms with Crippen LogP contribution in [0.2, 0.25) is 0 Å². The molecule has 1 aromatic carbocycles. The fourth-order valence-electron chi connectivity index (χ4n) is 1.88. The molecular weight excluding hydrogens is 212 g/mol. The lowest BCUT2D eigenvalue weighted by molar-refractivity contribution is 0.401. The second kappa shape index (κ2) is 3.99. The lowest BCUT2D eigenvalue weighted by Crippen LogP contribution is -2.17. The van der Waals surface area contributed by atoms with E-state index in [0.717, 1.165) is 23.3 Å². The maximum Gasteiger partial charge on any atom is 0.258 e. The van der Waals surface area contributed by atoms with Gasteiger partial charge in [0.15, 0.2) is 0 Å². The van der Waals surface area contributed by atoms with Crippen molar-refractivity contribution in [3.05, 3.63) is 39.9 Å². The second-order valence-electron chi connectivity index (χ2n) is 5.77. The highest BCUT2D eigenvalue weighted by molar-refractivity contribution is 5.78. The van der Waals surface area contributed by atoms with Gasteiger partial charge in [-0.05, 0) is 30.0 Å². The standard InChI is InChI=1S/C14H18N2O/c1-9-5-6-10-11(7-9)15-12(16-13(10)17)8-14(2,3)4/h5-7H,8H2,1-4H3,(H,15,16,17). The van der Waals surface area contributed by atoms with Gasteiger partial charge in [-0.1, -0.05) is 26.8 Å². The van der Waals surface area contributed by atoms with Gasteiger partial charge < -0.3 is 4.98 Å². The Morgan fingerprint density at radius 3 is 2.65 bits per heavy atom. The van der Waals surface area contributed by atoms with Gasteiger partial charge in [0, 0.05) is 6.42 Å². The molecule has 0 unspecified atom stereocenters. The van der Waals surface area contributed by atoms with Gasteiger partial charge in [0.2, 0.25) is 0 Å². The van der Waals surface area contributed by atoms with Gasteiger partial charge in [-0.3, -0.25) is 4.79 Å². The molecule has 0 radical (unpaired) electrons. The van der Waals surface area contributed by atoms with Gasteiger partial charge in [0.25, 0.3) is 5.56 Å². The van der Waals surface area contributed by atoms with Crippen LogP contribution in [0.5, 0.6) is 0 Å². The Bertz CT molecular complexity index is 606. The maximum absolute atomic E-state index is 11.9. The predicted molar refractivity (Wildman–Crippen MR) is 70.3 cm³/mol. The summed E-state index contributed by atoms with van der Waals surface area (Å²) in [6.07, 6.45) is 0.770. The Labute approximate surface area is 101 Å². The second-order valence-corrected chi connectivity index (χ2v) is 5.77. The van der Waals surface area contributed by atoms with E-state index < -0.39 is 0 Å². The van der Waals surface area contributed by atoms with E-state index in [2.05, 4.69) is 30.7 Å². The molecule has 0 aliphatic rings. The van der Waals surface area contributed by atoms with E-state index in [1.165, 1.54) is 0 Å². The molecule has 0 atom stereocenters. The van der Waals surface area contributed by atoms with E-state index in [9.17, 15) is 4.79 Å². The average molecular weight is 230 g/mol. The molecule has 0 amide bonds. The number of aromatic amines is 1. The molecule has 2 aromatic rings. The first-order chi connectivity index (χ1) is 7.85. The molecular formula is C14H18N2O. The number of hydrogen-bond donors (Lipinski definition) is 1. The Morgan fingerprint density at radius 2 is 2.00 bits per heavy atom. The minimum atomic E-state index is -0.0470. The zero-order valence-corrected chi connectivity index (χ0v) is 10.8. The van der Waals surface area contributed by atoms with Crippen molar-refractivity contribution in [2.24, 2.45) is 5.41 Å². The fourth-order valence-corrected chi connectivity index (χ4v) is 1.88. The summed E-state index contributed by atoms with van der Waals surface area (Å²) in [6.45, 7) is 8.40. The molecule has 0 saturated carbocycles. The molecule has 1 aromatic heterocycles. The van der Waals surface area contributed by atoms with Gasteiger partial charge >= 0.3 is 0 Å². The number of H-pyrrole nitrogens is 1. The summed E-state index contributed by atoms with van der Waals surface area (Å²) in [5.41, 5.74) is 1.98. The van der Waals surface area contributed by atoms with Crippen LogP contribution >= 0.6 is 0 Å². The molecule has 0 aliphatic heterocycles. The smallest absolute Gasteiger partial charge is 0.258 e. The highest BCUT2D eigenvalue weighted by atomic mass is 16.1. The third kappa shape index (κ3) is 2.73. The molecule has 1 heterocycles. The number of rotatable bonds is 1. The van der Waals surface area contributed by atoms with Gasteiger partial charge in [-0.2, -0.15) is 0 Å².